The van der Waals surface area contributed by atoms with E-state index in [1.165, 1.54) is 152 Å². The Balaban J connectivity index is 0.000000698. The first-order valence-corrected chi connectivity index (χ1v) is 19.8. The van der Waals surface area contributed by atoms with Gasteiger partial charge in [0.15, 0.2) is 0 Å². The zero-order valence-corrected chi connectivity index (χ0v) is 32.6. The molecule has 49 heavy (non-hydrogen) atoms. The van der Waals surface area contributed by atoms with E-state index in [1.807, 2.05) is 36.4 Å². The van der Waals surface area contributed by atoms with Crippen LogP contribution in [0.1, 0.15) is 172 Å². The molecule has 0 aliphatic carbocycles. The first kappa shape index (κ1) is 46.6. The fourth-order valence-electron chi connectivity index (χ4n) is 5.85. The normalized spacial score (nSPS) is 10.3. The Bertz CT molecular complexity index is 938. The molecule has 0 fully saturated rings. The van der Waals surface area contributed by atoms with E-state index in [-0.39, 0.29) is 16.8 Å². The molecule has 0 saturated heterocycles. The molecule has 0 aromatic heterocycles. The van der Waals surface area contributed by atoms with Crippen LogP contribution < -0.4 is 0 Å². The molecule has 3 nitrogen and oxygen atoms in total. The van der Waals surface area contributed by atoms with Crippen molar-refractivity contribution >= 4 is 0 Å². The van der Waals surface area contributed by atoms with Crippen molar-refractivity contribution in [2.75, 3.05) is 0 Å². The predicted molar refractivity (Wildman–Crippen MR) is 209 cm³/mol. The van der Waals surface area contributed by atoms with Crippen LogP contribution >= 0.6 is 0 Å². The average molecular weight is 720 g/mol. The van der Waals surface area contributed by atoms with Crippen molar-refractivity contribution in [3.63, 3.8) is 0 Å². The summed E-state index contributed by atoms with van der Waals surface area (Å²) in [5.74, 6) is 1.09. The fourth-order valence-corrected chi connectivity index (χ4v) is 5.85. The number of phenolic OH excluding ortho intramolecular Hbond substituents is 3. The molecular weight excluding hydrogens is 647 g/mol. The van der Waals surface area contributed by atoms with Gasteiger partial charge >= 0.3 is 0 Å². The topological polar surface area (TPSA) is 60.7 Å². The van der Waals surface area contributed by atoms with Crippen LogP contribution in [0.2, 0.25) is 0 Å². The maximum Gasteiger partial charge on any atom is 0.115 e. The van der Waals surface area contributed by atoms with Crippen molar-refractivity contribution in [2.24, 2.45) is 0 Å². The molecule has 0 heterocycles. The molecule has 3 rings (SSSR count). The van der Waals surface area contributed by atoms with Gasteiger partial charge in [-0.3, -0.25) is 0 Å². The molecular formula is C45H72CoO3. The van der Waals surface area contributed by atoms with Crippen molar-refractivity contribution in [3.05, 3.63) is 89.5 Å². The van der Waals surface area contributed by atoms with Gasteiger partial charge in [0.05, 0.1) is 0 Å². The predicted octanol–water partition coefficient (Wildman–Crippen LogP) is 14.1. The Morgan fingerprint density at radius 2 is 0.469 bits per heavy atom. The minimum absolute atomic E-state index is 0. The van der Waals surface area contributed by atoms with Crippen LogP contribution in [0.25, 0.3) is 0 Å². The number of unbranched alkanes of at least 4 members (excludes halogenated alkanes) is 18. The van der Waals surface area contributed by atoms with Crippen LogP contribution in [0.4, 0.5) is 0 Å². The van der Waals surface area contributed by atoms with Crippen molar-refractivity contribution in [1.29, 1.82) is 0 Å². The summed E-state index contributed by atoms with van der Waals surface area (Å²) in [5.41, 5.74) is 4.02. The molecule has 0 amide bonds. The van der Waals surface area contributed by atoms with Gasteiger partial charge in [0.25, 0.3) is 0 Å². The van der Waals surface area contributed by atoms with Crippen LogP contribution in [0.5, 0.6) is 17.2 Å². The third kappa shape index (κ3) is 29.0. The summed E-state index contributed by atoms with van der Waals surface area (Å²) < 4.78 is 0. The second-order valence-electron chi connectivity index (χ2n) is 13.6. The summed E-state index contributed by atoms with van der Waals surface area (Å²) in [5, 5.41) is 27.4. The first-order valence-electron chi connectivity index (χ1n) is 19.8. The van der Waals surface area contributed by atoms with Crippen molar-refractivity contribution in [2.45, 2.75) is 175 Å². The van der Waals surface area contributed by atoms with Crippen molar-refractivity contribution in [3.8, 4) is 17.2 Å². The zero-order chi connectivity index (χ0) is 34.9. The van der Waals surface area contributed by atoms with Gasteiger partial charge in [0.2, 0.25) is 0 Å². The van der Waals surface area contributed by atoms with E-state index in [1.54, 1.807) is 36.4 Å². The summed E-state index contributed by atoms with van der Waals surface area (Å²) in [7, 11) is 0. The third-order valence-corrected chi connectivity index (χ3v) is 9.02. The van der Waals surface area contributed by atoms with Gasteiger partial charge in [-0.25, -0.2) is 0 Å². The molecule has 0 aliphatic rings. The summed E-state index contributed by atoms with van der Waals surface area (Å²) in [6.07, 6.45) is 31.9. The summed E-state index contributed by atoms with van der Waals surface area (Å²) in [4.78, 5) is 0. The molecule has 0 bridgehead atoms. The Morgan fingerprint density at radius 1 is 0.286 bits per heavy atom. The van der Waals surface area contributed by atoms with Crippen LogP contribution in [-0.4, -0.2) is 15.3 Å². The van der Waals surface area contributed by atoms with Crippen LogP contribution in [-0.2, 0) is 36.0 Å². The molecule has 0 spiro atoms. The first-order chi connectivity index (χ1) is 23.5. The van der Waals surface area contributed by atoms with Gasteiger partial charge in [-0.2, -0.15) is 0 Å². The third-order valence-electron chi connectivity index (χ3n) is 9.02. The maximum absolute atomic E-state index is 9.15. The molecule has 3 aromatic carbocycles. The van der Waals surface area contributed by atoms with E-state index in [0.29, 0.717) is 17.2 Å². The van der Waals surface area contributed by atoms with Crippen LogP contribution in [0.3, 0.4) is 0 Å². The van der Waals surface area contributed by atoms with Gasteiger partial charge in [0, 0.05) is 16.8 Å². The molecule has 0 aliphatic heterocycles. The number of hydrogen-bond acceptors (Lipinski definition) is 3. The Kier molecular flexibility index (Phi) is 32.3. The average Bonchev–Trinajstić information content (AvgIpc) is 3.10. The minimum atomic E-state index is 0. The molecule has 3 aromatic rings. The Morgan fingerprint density at radius 3 is 0.673 bits per heavy atom. The van der Waals surface area contributed by atoms with Gasteiger partial charge in [-0.1, -0.05) is 173 Å². The van der Waals surface area contributed by atoms with E-state index in [2.05, 4.69) is 20.8 Å². The standard InChI is InChI=1S/3C15H24O.Co/c3*1-2-3-4-5-6-7-8-9-14-10-12-15(16)13-11-14;/h3*10-13,16H,2-9H2,1H3;. The maximum atomic E-state index is 9.15. The van der Waals surface area contributed by atoms with Gasteiger partial charge in [0.1, 0.15) is 17.2 Å². The number of hydrogen-bond donors (Lipinski definition) is 3. The molecule has 0 atom stereocenters. The Hall–Kier alpha value is -2.43. The smallest absolute Gasteiger partial charge is 0.115 e. The van der Waals surface area contributed by atoms with Gasteiger partial charge in [-0.15, -0.1) is 0 Å². The van der Waals surface area contributed by atoms with Gasteiger partial charge < -0.3 is 15.3 Å². The molecule has 3 N–H and O–H groups in total. The van der Waals surface area contributed by atoms with E-state index in [9.17, 15) is 0 Å². The summed E-state index contributed by atoms with van der Waals surface area (Å²) in [6, 6.07) is 22.8. The summed E-state index contributed by atoms with van der Waals surface area (Å²) in [6.45, 7) is 6.76. The van der Waals surface area contributed by atoms with Crippen molar-refractivity contribution < 1.29 is 32.1 Å². The number of benzene rings is 3. The molecule has 0 saturated carbocycles. The van der Waals surface area contributed by atoms with E-state index >= 15 is 0 Å². The number of phenols is 3. The molecule has 4 heteroatoms. The Labute approximate surface area is 312 Å². The quantitative estimate of drug-likeness (QED) is 0.0808. The summed E-state index contributed by atoms with van der Waals surface area (Å²) >= 11 is 0. The van der Waals surface area contributed by atoms with Gasteiger partial charge in [-0.05, 0) is 91.6 Å². The zero-order valence-electron chi connectivity index (χ0n) is 31.6. The minimum Gasteiger partial charge on any atom is -0.508 e. The van der Waals surface area contributed by atoms with Crippen molar-refractivity contribution in [1.82, 2.24) is 0 Å². The molecule has 0 unspecified atom stereocenters. The monoisotopic (exact) mass is 719 g/mol. The van der Waals surface area contributed by atoms with Crippen LogP contribution in [0, 0.1) is 0 Å². The largest absolute Gasteiger partial charge is 0.508 e. The number of aryl methyl sites for hydroxylation is 3. The fraction of sp³-hybridized carbons (Fsp3) is 0.600. The van der Waals surface area contributed by atoms with E-state index in [0.717, 1.165) is 19.3 Å². The van der Waals surface area contributed by atoms with Crippen LogP contribution in [0.15, 0.2) is 72.8 Å². The number of rotatable bonds is 24. The SMILES string of the molecule is CCCCCCCCCc1ccc(O)cc1.CCCCCCCCCc1ccc(O)cc1.CCCCCCCCCc1ccc(O)cc1.[Co]. The second-order valence-corrected chi connectivity index (χ2v) is 13.6. The second kappa shape index (κ2) is 34.0. The molecule has 1 radical (unpaired) electrons. The molecule has 279 valence electrons. The van der Waals surface area contributed by atoms with E-state index < -0.39 is 0 Å². The number of aromatic hydroxyl groups is 3. The van der Waals surface area contributed by atoms with E-state index in [4.69, 9.17) is 15.3 Å².